The van der Waals surface area contributed by atoms with Gasteiger partial charge in [0.15, 0.2) is 0 Å². The molecule has 0 aliphatic carbocycles. The monoisotopic (exact) mass is 397 g/mol. The minimum Gasteiger partial charge on any atom is -0.487 e. The first kappa shape index (κ1) is 19.2. The molecule has 4 rings (SSSR count). The molecule has 1 fully saturated rings. The summed E-state index contributed by atoms with van der Waals surface area (Å²) in [5.41, 5.74) is 1.80. The first-order valence-corrected chi connectivity index (χ1v) is 9.76. The Morgan fingerprint density at radius 3 is 2.93 bits per heavy atom. The fourth-order valence-corrected chi connectivity index (χ4v) is 3.60. The van der Waals surface area contributed by atoms with Gasteiger partial charge >= 0.3 is 0 Å². The van der Waals surface area contributed by atoms with Crippen LogP contribution in [0.5, 0.6) is 5.75 Å². The number of nitrogens with zero attached hydrogens (tertiary/aromatic N) is 4. The van der Waals surface area contributed by atoms with Crippen LogP contribution in [0.4, 0.5) is 4.39 Å². The van der Waals surface area contributed by atoms with Gasteiger partial charge in [0.1, 0.15) is 24.0 Å². The molecule has 0 saturated carbocycles. The summed E-state index contributed by atoms with van der Waals surface area (Å²) >= 11 is 0. The van der Waals surface area contributed by atoms with Gasteiger partial charge in [0.05, 0.1) is 11.4 Å². The highest BCUT2D eigenvalue weighted by Gasteiger charge is 2.28. The molecule has 3 aromatic rings. The number of benzene rings is 1. The Balaban J connectivity index is 1.27. The number of imidazole rings is 1. The molecule has 2 aromatic heterocycles. The van der Waals surface area contributed by atoms with E-state index in [4.69, 9.17) is 4.74 Å². The smallest absolute Gasteiger partial charge is 0.224 e. The zero-order valence-electron chi connectivity index (χ0n) is 16.3. The maximum atomic E-state index is 12.9. The second kappa shape index (κ2) is 8.46. The first-order valence-electron chi connectivity index (χ1n) is 9.76. The molecule has 3 heterocycles. The number of H-pyrrole nitrogens is 1. The van der Waals surface area contributed by atoms with E-state index in [-0.39, 0.29) is 17.6 Å². The lowest BCUT2D eigenvalue weighted by Gasteiger charge is -2.16. The average molecular weight is 397 g/mol. The van der Waals surface area contributed by atoms with Gasteiger partial charge in [-0.1, -0.05) is 0 Å². The molecule has 1 aliphatic heterocycles. The molecule has 0 spiro atoms. The maximum Gasteiger partial charge on any atom is 0.224 e. The number of aryl methyl sites for hydroxylation is 2. The number of halogens is 1. The van der Waals surface area contributed by atoms with Gasteiger partial charge in [0.25, 0.3) is 0 Å². The lowest BCUT2D eigenvalue weighted by atomic mass is 10.1. The Hall–Kier alpha value is -3.16. The highest BCUT2D eigenvalue weighted by molar-refractivity contribution is 5.76. The number of rotatable bonds is 7. The van der Waals surface area contributed by atoms with E-state index < -0.39 is 0 Å². The molecule has 7 nitrogen and oxygen atoms in total. The number of carbonyl (C=O) groups excluding carboxylic acids is 1. The zero-order chi connectivity index (χ0) is 20.2. The van der Waals surface area contributed by atoms with Gasteiger partial charge in [-0.3, -0.25) is 9.89 Å². The molecule has 1 N–H and O–H groups in total. The second-order valence-electron chi connectivity index (χ2n) is 7.30. The van der Waals surface area contributed by atoms with E-state index >= 15 is 0 Å². The van der Waals surface area contributed by atoms with Crippen LogP contribution in [0.1, 0.15) is 36.0 Å². The van der Waals surface area contributed by atoms with E-state index in [1.165, 1.54) is 12.1 Å². The molecule has 1 aromatic carbocycles. The normalized spacial score (nSPS) is 16.3. The SMILES string of the molecule is Cc1nccn1CCC(=O)N1CC[C@H](c2cc(COc3ccc(F)cc3)[nH]n2)C1. The lowest BCUT2D eigenvalue weighted by molar-refractivity contribution is -0.130. The molecule has 0 bridgehead atoms. The summed E-state index contributed by atoms with van der Waals surface area (Å²) in [6.45, 7) is 4.36. The summed E-state index contributed by atoms with van der Waals surface area (Å²) in [6.07, 6.45) is 5.02. The van der Waals surface area contributed by atoms with Crippen molar-refractivity contribution < 1.29 is 13.9 Å². The van der Waals surface area contributed by atoms with Crippen molar-refractivity contribution in [3.8, 4) is 5.75 Å². The number of carbonyl (C=O) groups is 1. The Morgan fingerprint density at radius 1 is 1.34 bits per heavy atom. The van der Waals surface area contributed by atoms with Gasteiger partial charge in [0, 0.05) is 44.4 Å². The van der Waals surface area contributed by atoms with Crippen LogP contribution in [-0.4, -0.2) is 43.6 Å². The predicted molar refractivity (Wildman–Crippen MR) is 105 cm³/mol. The molecule has 29 heavy (non-hydrogen) atoms. The molecule has 152 valence electrons. The molecule has 0 unspecified atom stereocenters. The van der Waals surface area contributed by atoms with Gasteiger partial charge < -0.3 is 14.2 Å². The Bertz CT molecular complexity index is 966. The number of aromatic amines is 1. The predicted octanol–water partition coefficient (Wildman–Crippen LogP) is 3.04. The number of hydrogen-bond donors (Lipinski definition) is 1. The topological polar surface area (TPSA) is 76.0 Å². The first-order chi connectivity index (χ1) is 14.1. The number of nitrogens with one attached hydrogen (secondary N) is 1. The minimum atomic E-state index is -0.290. The molecular formula is C21H24FN5O2. The van der Waals surface area contributed by atoms with Crippen molar-refractivity contribution in [1.82, 2.24) is 24.6 Å². The number of ether oxygens (including phenoxy) is 1. The third kappa shape index (κ3) is 4.64. The zero-order valence-corrected chi connectivity index (χ0v) is 16.3. The molecular weight excluding hydrogens is 373 g/mol. The van der Waals surface area contributed by atoms with E-state index in [9.17, 15) is 9.18 Å². The van der Waals surface area contributed by atoms with E-state index in [1.54, 1.807) is 18.3 Å². The van der Waals surface area contributed by atoms with E-state index in [2.05, 4.69) is 15.2 Å². The van der Waals surface area contributed by atoms with E-state index in [0.717, 1.165) is 30.2 Å². The van der Waals surface area contributed by atoms with E-state index in [1.807, 2.05) is 28.7 Å². The van der Waals surface area contributed by atoms with Crippen molar-refractivity contribution >= 4 is 5.91 Å². The Labute approximate surface area is 168 Å². The summed E-state index contributed by atoms with van der Waals surface area (Å²) in [4.78, 5) is 18.6. The highest BCUT2D eigenvalue weighted by atomic mass is 19.1. The molecule has 0 radical (unpaired) electrons. The van der Waals surface area contributed by atoms with Crippen LogP contribution in [0.3, 0.4) is 0 Å². The molecule has 1 aliphatic rings. The van der Waals surface area contributed by atoms with Gasteiger partial charge in [-0.15, -0.1) is 0 Å². The lowest BCUT2D eigenvalue weighted by Crippen LogP contribution is -2.29. The molecule has 1 atom stereocenters. The molecule has 1 saturated heterocycles. The highest BCUT2D eigenvalue weighted by Crippen LogP contribution is 2.27. The fourth-order valence-electron chi connectivity index (χ4n) is 3.60. The fraction of sp³-hybridized carbons (Fsp3) is 0.381. The van der Waals surface area contributed by atoms with E-state index in [0.29, 0.717) is 31.9 Å². The minimum absolute atomic E-state index is 0.163. The average Bonchev–Trinajstić information content (AvgIpc) is 3.46. The standard InChI is InChI=1S/C21H24FN5O2/c1-15-23-8-11-26(15)10-7-21(28)27-9-6-16(13-27)20-12-18(24-25-20)14-29-19-4-2-17(22)3-5-19/h2-5,8,11-12,16H,6-7,9-10,13-14H2,1H3,(H,24,25)/t16-/m0/s1. The van der Waals surface area contributed by atoms with Crippen molar-refractivity contribution in [3.63, 3.8) is 0 Å². The van der Waals surface area contributed by atoms with Crippen molar-refractivity contribution in [3.05, 3.63) is 65.8 Å². The van der Waals surface area contributed by atoms with Crippen LogP contribution < -0.4 is 4.74 Å². The second-order valence-corrected chi connectivity index (χ2v) is 7.30. The quantitative estimate of drug-likeness (QED) is 0.665. The molecule has 1 amide bonds. The van der Waals surface area contributed by atoms with Crippen LogP contribution >= 0.6 is 0 Å². The van der Waals surface area contributed by atoms with Gasteiger partial charge in [0.2, 0.25) is 5.91 Å². The largest absolute Gasteiger partial charge is 0.487 e. The number of amides is 1. The number of aromatic nitrogens is 4. The summed E-state index contributed by atoms with van der Waals surface area (Å²) in [6, 6.07) is 7.91. The van der Waals surface area contributed by atoms with Gasteiger partial charge in [-0.25, -0.2) is 9.37 Å². The van der Waals surface area contributed by atoms with Crippen molar-refractivity contribution in [1.29, 1.82) is 0 Å². The Morgan fingerprint density at radius 2 is 2.17 bits per heavy atom. The molecule has 8 heteroatoms. The van der Waals surface area contributed by atoms with Crippen molar-refractivity contribution in [2.45, 2.75) is 38.8 Å². The van der Waals surface area contributed by atoms with Gasteiger partial charge in [-0.05, 0) is 43.7 Å². The summed E-state index contributed by atoms with van der Waals surface area (Å²) in [5, 5.41) is 7.40. The number of hydrogen-bond acceptors (Lipinski definition) is 4. The Kier molecular flexibility index (Phi) is 5.59. The van der Waals surface area contributed by atoms with Crippen molar-refractivity contribution in [2.24, 2.45) is 0 Å². The third-order valence-corrected chi connectivity index (χ3v) is 5.31. The van der Waals surface area contributed by atoms with Crippen LogP contribution in [0, 0.1) is 12.7 Å². The van der Waals surface area contributed by atoms with Crippen LogP contribution in [0.2, 0.25) is 0 Å². The maximum absolute atomic E-state index is 12.9. The summed E-state index contributed by atoms with van der Waals surface area (Å²) in [5.74, 6) is 1.62. The van der Waals surface area contributed by atoms with Gasteiger partial charge in [-0.2, -0.15) is 5.10 Å². The number of likely N-dealkylation sites (tertiary alicyclic amines) is 1. The van der Waals surface area contributed by atoms with Crippen molar-refractivity contribution in [2.75, 3.05) is 13.1 Å². The van der Waals surface area contributed by atoms with Crippen LogP contribution in [0.25, 0.3) is 0 Å². The third-order valence-electron chi connectivity index (χ3n) is 5.31. The van der Waals surface area contributed by atoms with Crippen LogP contribution in [-0.2, 0) is 17.9 Å². The summed E-state index contributed by atoms with van der Waals surface area (Å²) in [7, 11) is 0. The summed E-state index contributed by atoms with van der Waals surface area (Å²) < 4.78 is 20.6. The van der Waals surface area contributed by atoms with Crippen LogP contribution in [0.15, 0.2) is 42.7 Å².